The minimum Gasteiger partial charge on any atom is -0.361 e. The van der Waals surface area contributed by atoms with Crippen LogP contribution in [0.5, 0.6) is 0 Å². The summed E-state index contributed by atoms with van der Waals surface area (Å²) < 4.78 is 1.13. The Hall–Kier alpha value is -0.840. The number of halogens is 1. The summed E-state index contributed by atoms with van der Waals surface area (Å²) >= 11 is 7.64. The van der Waals surface area contributed by atoms with E-state index in [0.717, 1.165) is 33.5 Å². The van der Waals surface area contributed by atoms with Crippen LogP contribution < -0.4 is 5.32 Å². The lowest BCUT2D eigenvalue weighted by Gasteiger charge is -2.28. The third-order valence-corrected chi connectivity index (χ3v) is 4.02. The first-order valence-electron chi connectivity index (χ1n) is 6.30. The molecule has 1 N–H and O–H groups in total. The van der Waals surface area contributed by atoms with Crippen LogP contribution in [0.1, 0.15) is 13.8 Å². The Morgan fingerprint density at radius 3 is 2.79 bits per heavy atom. The van der Waals surface area contributed by atoms with Crippen molar-refractivity contribution >= 4 is 38.3 Å². The van der Waals surface area contributed by atoms with Gasteiger partial charge >= 0.3 is 0 Å². The highest BCUT2D eigenvalue weighted by Gasteiger charge is 2.19. The zero-order chi connectivity index (χ0) is 14.0. The van der Waals surface area contributed by atoms with Crippen LogP contribution in [-0.4, -0.2) is 37.1 Å². The van der Waals surface area contributed by atoms with Gasteiger partial charge in [-0.05, 0) is 37.7 Å². The van der Waals surface area contributed by atoms with E-state index in [1.54, 1.807) is 11.3 Å². The number of aromatic nitrogens is 1. The van der Waals surface area contributed by atoms with E-state index in [-0.39, 0.29) is 5.41 Å². The Balaban J connectivity index is 2.05. The van der Waals surface area contributed by atoms with Crippen LogP contribution in [0, 0.1) is 5.41 Å². The molecule has 0 unspecified atom stereocenters. The SMILES string of the molecule is CN(C)CC(C)(C)CNc1nc2ccc(Cl)cc2s1. The smallest absolute Gasteiger partial charge is 0.183 e. The molecular weight excluding hydrogens is 278 g/mol. The topological polar surface area (TPSA) is 28.2 Å². The largest absolute Gasteiger partial charge is 0.361 e. The van der Waals surface area contributed by atoms with Gasteiger partial charge in [0.2, 0.25) is 0 Å². The highest BCUT2D eigenvalue weighted by atomic mass is 35.5. The highest BCUT2D eigenvalue weighted by molar-refractivity contribution is 7.22. The van der Waals surface area contributed by atoms with Crippen molar-refractivity contribution in [1.82, 2.24) is 9.88 Å². The lowest BCUT2D eigenvalue weighted by atomic mass is 9.93. The molecule has 0 saturated carbocycles. The molecule has 19 heavy (non-hydrogen) atoms. The summed E-state index contributed by atoms with van der Waals surface area (Å²) in [7, 11) is 4.20. The highest BCUT2D eigenvalue weighted by Crippen LogP contribution is 2.29. The number of nitrogens with zero attached hydrogens (tertiary/aromatic N) is 2. The molecule has 0 amide bonds. The first-order chi connectivity index (χ1) is 8.85. The van der Waals surface area contributed by atoms with E-state index < -0.39 is 0 Å². The third-order valence-electron chi connectivity index (χ3n) is 2.81. The number of hydrogen-bond donors (Lipinski definition) is 1. The second kappa shape index (κ2) is 5.65. The summed E-state index contributed by atoms with van der Waals surface area (Å²) in [6.45, 7) is 6.45. The lowest BCUT2D eigenvalue weighted by molar-refractivity contribution is 0.254. The Kier molecular flexibility index (Phi) is 4.33. The fourth-order valence-corrected chi connectivity index (χ4v) is 3.34. The predicted octanol–water partition coefficient (Wildman–Crippen LogP) is 3.95. The van der Waals surface area contributed by atoms with Crippen LogP contribution in [0.15, 0.2) is 18.2 Å². The zero-order valence-electron chi connectivity index (χ0n) is 11.8. The number of benzene rings is 1. The van der Waals surface area contributed by atoms with E-state index in [9.17, 15) is 0 Å². The number of anilines is 1. The Morgan fingerprint density at radius 1 is 1.37 bits per heavy atom. The van der Waals surface area contributed by atoms with Crippen LogP contribution in [0.4, 0.5) is 5.13 Å². The monoisotopic (exact) mass is 297 g/mol. The summed E-state index contributed by atoms with van der Waals surface area (Å²) in [5.74, 6) is 0. The maximum Gasteiger partial charge on any atom is 0.183 e. The zero-order valence-corrected chi connectivity index (χ0v) is 13.4. The molecule has 0 spiro atoms. The molecule has 0 aliphatic carbocycles. The summed E-state index contributed by atoms with van der Waals surface area (Å²) in [5.41, 5.74) is 1.21. The minimum atomic E-state index is 0.207. The van der Waals surface area contributed by atoms with Gasteiger partial charge in [0.15, 0.2) is 5.13 Å². The van der Waals surface area contributed by atoms with Crippen molar-refractivity contribution in [3.8, 4) is 0 Å². The first-order valence-corrected chi connectivity index (χ1v) is 7.50. The van der Waals surface area contributed by atoms with Gasteiger partial charge in [0.25, 0.3) is 0 Å². The van der Waals surface area contributed by atoms with Gasteiger partial charge in [0.05, 0.1) is 10.2 Å². The number of nitrogens with one attached hydrogen (secondary N) is 1. The van der Waals surface area contributed by atoms with Gasteiger partial charge in [-0.15, -0.1) is 0 Å². The van der Waals surface area contributed by atoms with E-state index in [4.69, 9.17) is 11.6 Å². The standard InChI is InChI=1S/C14H20ClN3S/c1-14(2,9-18(3)4)8-16-13-17-11-6-5-10(15)7-12(11)19-13/h5-7H,8-9H2,1-4H3,(H,16,17). The Labute approximate surface area is 123 Å². The first kappa shape index (κ1) is 14.6. The average Bonchev–Trinajstić information content (AvgIpc) is 2.66. The third kappa shape index (κ3) is 4.06. The maximum absolute atomic E-state index is 5.99. The van der Waals surface area contributed by atoms with E-state index in [1.807, 2.05) is 18.2 Å². The summed E-state index contributed by atoms with van der Waals surface area (Å²) in [6, 6.07) is 5.80. The van der Waals surface area contributed by atoms with Crippen molar-refractivity contribution in [3.05, 3.63) is 23.2 Å². The number of rotatable bonds is 5. The summed E-state index contributed by atoms with van der Waals surface area (Å²) in [5, 5.41) is 5.16. The molecule has 1 heterocycles. The molecule has 0 fully saturated rings. The minimum absolute atomic E-state index is 0.207. The molecule has 5 heteroatoms. The molecule has 3 nitrogen and oxygen atoms in total. The molecule has 0 aliphatic heterocycles. The summed E-state index contributed by atoms with van der Waals surface area (Å²) in [4.78, 5) is 6.78. The quantitative estimate of drug-likeness (QED) is 0.906. The molecular formula is C14H20ClN3S. The number of hydrogen-bond acceptors (Lipinski definition) is 4. The van der Waals surface area contributed by atoms with Gasteiger partial charge in [-0.2, -0.15) is 0 Å². The van der Waals surface area contributed by atoms with Gasteiger partial charge in [-0.3, -0.25) is 0 Å². The molecule has 104 valence electrons. The Bertz CT molecular complexity index is 563. The molecule has 1 aromatic heterocycles. The fourth-order valence-electron chi connectivity index (χ4n) is 2.20. The van der Waals surface area contributed by atoms with Crippen molar-refractivity contribution < 1.29 is 0 Å². The van der Waals surface area contributed by atoms with Crippen LogP contribution in [0.3, 0.4) is 0 Å². The van der Waals surface area contributed by atoms with Crippen molar-refractivity contribution in [2.75, 3.05) is 32.5 Å². The maximum atomic E-state index is 5.99. The molecule has 0 radical (unpaired) electrons. The molecule has 2 aromatic rings. The Morgan fingerprint density at radius 2 is 2.11 bits per heavy atom. The van der Waals surface area contributed by atoms with Crippen LogP contribution in [0.2, 0.25) is 5.02 Å². The van der Waals surface area contributed by atoms with Crippen molar-refractivity contribution in [3.63, 3.8) is 0 Å². The molecule has 0 saturated heterocycles. The van der Waals surface area contributed by atoms with Gasteiger partial charge < -0.3 is 10.2 Å². The van der Waals surface area contributed by atoms with Crippen LogP contribution in [0.25, 0.3) is 10.2 Å². The summed E-state index contributed by atoms with van der Waals surface area (Å²) in [6.07, 6.45) is 0. The molecule has 1 aromatic carbocycles. The van der Waals surface area contributed by atoms with Gasteiger partial charge in [0.1, 0.15) is 0 Å². The molecule has 0 aliphatic rings. The van der Waals surface area contributed by atoms with Crippen LogP contribution >= 0.6 is 22.9 Å². The second-order valence-electron chi connectivity index (χ2n) is 5.89. The molecule has 0 bridgehead atoms. The molecule has 2 rings (SSSR count). The van der Waals surface area contributed by atoms with Gasteiger partial charge in [0, 0.05) is 18.1 Å². The van der Waals surface area contributed by atoms with Gasteiger partial charge in [-0.25, -0.2) is 4.98 Å². The van der Waals surface area contributed by atoms with Crippen molar-refractivity contribution in [2.24, 2.45) is 5.41 Å². The lowest BCUT2D eigenvalue weighted by Crippen LogP contribution is -2.34. The van der Waals surface area contributed by atoms with Crippen LogP contribution in [-0.2, 0) is 0 Å². The second-order valence-corrected chi connectivity index (χ2v) is 7.35. The predicted molar refractivity (Wildman–Crippen MR) is 85.5 cm³/mol. The van der Waals surface area contributed by atoms with Crippen molar-refractivity contribution in [1.29, 1.82) is 0 Å². The molecule has 0 atom stereocenters. The van der Waals surface area contributed by atoms with E-state index in [1.165, 1.54) is 0 Å². The number of fused-ring (bicyclic) bond motifs is 1. The van der Waals surface area contributed by atoms with E-state index in [0.29, 0.717) is 0 Å². The van der Waals surface area contributed by atoms with Gasteiger partial charge in [-0.1, -0.05) is 36.8 Å². The number of thiazole rings is 1. The average molecular weight is 298 g/mol. The fraction of sp³-hybridized carbons (Fsp3) is 0.500. The van der Waals surface area contributed by atoms with E-state index >= 15 is 0 Å². The van der Waals surface area contributed by atoms with Crippen molar-refractivity contribution in [2.45, 2.75) is 13.8 Å². The van der Waals surface area contributed by atoms with E-state index in [2.05, 4.69) is 43.1 Å². The normalized spacial score (nSPS) is 12.3.